The van der Waals surface area contributed by atoms with Crippen molar-refractivity contribution in [2.24, 2.45) is 5.92 Å². The number of aliphatic hydroxyl groups is 1. The summed E-state index contributed by atoms with van der Waals surface area (Å²) >= 11 is 0. The zero-order valence-corrected chi connectivity index (χ0v) is 12.6. The Morgan fingerprint density at radius 2 is 1.95 bits per heavy atom. The maximum atomic E-state index is 12.6. The molecule has 3 nitrogen and oxygen atoms in total. The molecule has 1 amide bonds. The third-order valence-corrected chi connectivity index (χ3v) is 4.82. The molecule has 0 aliphatic heterocycles. The van der Waals surface area contributed by atoms with Crippen LogP contribution in [0.4, 0.5) is 0 Å². The maximum absolute atomic E-state index is 12.6. The number of amides is 1. The molecule has 0 radical (unpaired) electrons. The minimum absolute atomic E-state index is 0.0517. The lowest BCUT2D eigenvalue weighted by Gasteiger charge is -2.41. The van der Waals surface area contributed by atoms with Crippen LogP contribution >= 0.6 is 0 Å². The first-order valence-electron chi connectivity index (χ1n) is 7.45. The van der Waals surface area contributed by atoms with Gasteiger partial charge in [0.2, 0.25) is 5.91 Å². The van der Waals surface area contributed by atoms with Crippen molar-refractivity contribution in [3.05, 3.63) is 35.9 Å². The monoisotopic (exact) mass is 275 g/mol. The maximum Gasteiger partial charge on any atom is 0.230 e. The van der Waals surface area contributed by atoms with E-state index in [2.05, 4.69) is 5.32 Å². The van der Waals surface area contributed by atoms with Crippen LogP contribution in [0.15, 0.2) is 30.3 Å². The Kier molecular flexibility index (Phi) is 4.19. The van der Waals surface area contributed by atoms with Crippen LogP contribution in [0.5, 0.6) is 0 Å². The summed E-state index contributed by atoms with van der Waals surface area (Å²) in [6.07, 6.45) is 2.88. The van der Waals surface area contributed by atoms with E-state index in [9.17, 15) is 9.90 Å². The molecule has 0 spiro atoms. The first kappa shape index (κ1) is 15.0. The van der Waals surface area contributed by atoms with Gasteiger partial charge in [0.25, 0.3) is 0 Å². The summed E-state index contributed by atoms with van der Waals surface area (Å²) in [5, 5.41) is 13.2. The highest BCUT2D eigenvalue weighted by atomic mass is 16.3. The molecule has 1 aromatic carbocycles. The Labute approximate surface area is 121 Å². The molecule has 1 aliphatic carbocycles. The first-order chi connectivity index (χ1) is 9.38. The Hall–Kier alpha value is -1.35. The van der Waals surface area contributed by atoms with Gasteiger partial charge in [-0.2, -0.15) is 0 Å². The predicted octanol–water partition coefficient (Wildman–Crippen LogP) is 2.63. The van der Waals surface area contributed by atoms with Gasteiger partial charge in [0, 0.05) is 6.54 Å². The van der Waals surface area contributed by atoms with E-state index < -0.39 is 5.60 Å². The normalized spacial score (nSPS) is 20.1. The van der Waals surface area contributed by atoms with Crippen molar-refractivity contribution in [3.8, 4) is 0 Å². The quantitative estimate of drug-likeness (QED) is 0.868. The largest absolute Gasteiger partial charge is 0.388 e. The van der Waals surface area contributed by atoms with E-state index in [4.69, 9.17) is 0 Å². The lowest BCUT2D eigenvalue weighted by atomic mass is 9.63. The smallest absolute Gasteiger partial charge is 0.230 e. The summed E-state index contributed by atoms with van der Waals surface area (Å²) in [4.78, 5) is 12.6. The highest BCUT2D eigenvalue weighted by Crippen LogP contribution is 2.43. The van der Waals surface area contributed by atoms with Crippen molar-refractivity contribution in [2.75, 3.05) is 6.54 Å². The van der Waals surface area contributed by atoms with Crippen molar-refractivity contribution >= 4 is 5.91 Å². The van der Waals surface area contributed by atoms with Crippen molar-refractivity contribution in [1.29, 1.82) is 0 Å². The van der Waals surface area contributed by atoms with E-state index in [0.717, 1.165) is 24.8 Å². The van der Waals surface area contributed by atoms with Crippen LogP contribution in [-0.2, 0) is 10.2 Å². The van der Waals surface area contributed by atoms with Gasteiger partial charge in [-0.15, -0.1) is 0 Å². The van der Waals surface area contributed by atoms with Gasteiger partial charge in [0.05, 0.1) is 11.0 Å². The van der Waals surface area contributed by atoms with E-state index in [1.807, 2.05) is 44.2 Å². The van der Waals surface area contributed by atoms with Gasteiger partial charge >= 0.3 is 0 Å². The highest BCUT2D eigenvalue weighted by Gasteiger charge is 2.45. The molecular formula is C17H25NO2. The minimum atomic E-state index is -0.864. The molecule has 0 aromatic heterocycles. The number of carbonyl (C=O) groups excluding carboxylic acids is 1. The molecular weight excluding hydrogens is 250 g/mol. The Morgan fingerprint density at radius 3 is 2.40 bits per heavy atom. The van der Waals surface area contributed by atoms with Crippen molar-refractivity contribution in [2.45, 2.75) is 51.0 Å². The van der Waals surface area contributed by atoms with Gasteiger partial charge < -0.3 is 10.4 Å². The molecule has 20 heavy (non-hydrogen) atoms. The van der Waals surface area contributed by atoms with Crippen LogP contribution in [0.2, 0.25) is 0 Å². The van der Waals surface area contributed by atoms with Crippen LogP contribution < -0.4 is 5.32 Å². The summed E-state index contributed by atoms with van der Waals surface area (Å²) in [6, 6.07) is 9.98. The average Bonchev–Trinajstić information content (AvgIpc) is 2.36. The summed E-state index contributed by atoms with van der Waals surface area (Å²) in [5.41, 5.74) is -0.154. The fourth-order valence-electron chi connectivity index (χ4n) is 2.57. The van der Waals surface area contributed by atoms with Crippen LogP contribution in [0.3, 0.4) is 0 Å². The number of hydrogen-bond acceptors (Lipinski definition) is 2. The van der Waals surface area contributed by atoms with Crippen LogP contribution in [-0.4, -0.2) is 23.2 Å². The number of rotatable bonds is 5. The van der Waals surface area contributed by atoms with Gasteiger partial charge in [-0.05, 0) is 31.2 Å². The van der Waals surface area contributed by atoms with Gasteiger partial charge in [-0.25, -0.2) is 0 Å². The molecule has 0 heterocycles. The third-order valence-electron chi connectivity index (χ3n) is 4.82. The van der Waals surface area contributed by atoms with E-state index in [1.165, 1.54) is 0 Å². The highest BCUT2D eigenvalue weighted by molar-refractivity contribution is 5.89. The van der Waals surface area contributed by atoms with Gasteiger partial charge in [0.1, 0.15) is 0 Å². The van der Waals surface area contributed by atoms with E-state index in [1.54, 1.807) is 6.92 Å². The van der Waals surface area contributed by atoms with Gasteiger partial charge in [0.15, 0.2) is 0 Å². The van der Waals surface area contributed by atoms with Crippen molar-refractivity contribution in [3.63, 3.8) is 0 Å². The predicted molar refractivity (Wildman–Crippen MR) is 80.4 cm³/mol. The lowest BCUT2D eigenvalue weighted by molar-refractivity contribution is -0.131. The molecule has 1 fully saturated rings. The molecule has 110 valence electrons. The molecule has 0 saturated heterocycles. The molecule has 2 N–H and O–H groups in total. The summed E-state index contributed by atoms with van der Waals surface area (Å²) in [5.74, 6) is 0.160. The Bertz CT molecular complexity index is 461. The van der Waals surface area contributed by atoms with Crippen molar-refractivity contribution in [1.82, 2.24) is 5.32 Å². The second-order valence-corrected chi connectivity index (χ2v) is 6.50. The SMILES string of the molecule is CC(C)C(C)(O)CNC(=O)C1(c2ccccc2)CCC1. The average molecular weight is 275 g/mol. The second-order valence-electron chi connectivity index (χ2n) is 6.50. The zero-order chi connectivity index (χ0) is 14.8. The number of hydrogen-bond donors (Lipinski definition) is 2. The van der Waals surface area contributed by atoms with Crippen LogP contribution in [0.1, 0.15) is 45.6 Å². The van der Waals surface area contributed by atoms with Crippen molar-refractivity contribution < 1.29 is 9.90 Å². The Morgan fingerprint density at radius 1 is 1.35 bits per heavy atom. The molecule has 0 bridgehead atoms. The number of nitrogens with one attached hydrogen (secondary N) is 1. The van der Waals surface area contributed by atoms with Crippen LogP contribution in [0, 0.1) is 5.92 Å². The minimum Gasteiger partial charge on any atom is -0.388 e. The first-order valence-corrected chi connectivity index (χ1v) is 7.45. The molecule has 2 rings (SSSR count). The molecule has 1 atom stereocenters. The van der Waals surface area contributed by atoms with E-state index in [-0.39, 0.29) is 17.2 Å². The summed E-state index contributed by atoms with van der Waals surface area (Å²) < 4.78 is 0. The molecule has 1 saturated carbocycles. The lowest BCUT2D eigenvalue weighted by Crippen LogP contribution is -2.53. The third kappa shape index (κ3) is 2.73. The topological polar surface area (TPSA) is 49.3 Å². The second kappa shape index (κ2) is 5.57. The van der Waals surface area contributed by atoms with Gasteiger partial charge in [-0.1, -0.05) is 50.6 Å². The molecule has 1 aromatic rings. The fourth-order valence-corrected chi connectivity index (χ4v) is 2.57. The van der Waals surface area contributed by atoms with E-state index >= 15 is 0 Å². The zero-order valence-electron chi connectivity index (χ0n) is 12.6. The molecule has 3 heteroatoms. The number of benzene rings is 1. The Balaban J connectivity index is 2.08. The van der Waals surface area contributed by atoms with E-state index in [0.29, 0.717) is 6.54 Å². The summed E-state index contributed by atoms with van der Waals surface area (Å²) in [6.45, 7) is 6.00. The fraction of sp³-hybridized carbons (Fsp3) is 0.588. The number of carbonyl (C=O) groups is 1. The summed E-state index contributed by atoms with van der Waals surface area (Å²) in [7, 11) is 0. The molecule has 1 aliphatic rings. The van der Waals surface area contributed by atoms with Gasteiger partial charge in [-0.3, -0.25) is 4.79 Å². The standard InChI is InChI=1S/C17H25NO2/c1-13(2)16(3,20)12-18-15(19)17(10-7-11-17)14-8-5-4-6-9-14/h4-6,8-9,13,20H,7,10-12H2,1-3H3,(H,18,19). The molecule has 1 unspecified atom stereocenters. The van der Waals surface area contributed by atoms with Crippen LogP contribution in [0.25, 0.3) is 0 Å².